The molecule has 1 saturated heterocycles. The number of ether oxygens (including phenoxy) is 2. The fourth-order valence-electron chi connectivity index (χ4n) is 2.71. The molecule has 0 aliphatic carbocycles. The number of amides is 1. The molecule has 1 amide bonds. The summed E-state index contributed by atoms with van der Waals surface area (Å²) in [6.07, 6.45) is 2.85. The number of fused-ring (bicyclic) bond motifs is 1. The van der Waals surface area contributed by atoms with Crippen LogP contribution in [0.5, 0.6) is 11.5 Å². The molecule has 2 aliphatic heterocycles. The zero-order chi connectivity index (χ0) is 14.7. The van der Waals surface area contributed by atoms with Crippen LogP contribution in [0.25, 0.3) is 0 Å². The molecule has 5 nitrogen and oxygen atoms in total. The van der Waals surface area contributed by atoms with E-state index in [0.29, 0.717) is 25.0 Å². The highest BCUT2D eigenvalue weighted by molar-refractivity contribution is 5.93. The fourth-order valence-corrected chi connectivity index (χ4v) is 2.71. The Morgan fingerprint density at radius 2 is 2.05 bits per heavy atom. The standard InChI is InChI=1S/C16H22N2O3/c1-11-3-4-12(10-17-11)16(19)18-13-5-6-14-15(9-13)21-8-2-7-20-14/h5-6,9,11-12,17H,2-4,7-8,10H2,1H3,(H,18,19). The minimum absolute atomic E-state index is 0.0391. The van der Waals surface area contributed by atoms with Crippen LogP contribution in [0, 0.1) is 5.92 Å². The van der Waals surface area contributed by atoms with Gasteiger partial charge in [-0.1, -0.05) is 0 Å². The van der Waals surface area contributed by atoms with Crippen LogP contribution in [0.15, 0.2) is 18.2 Å². The van der Waals surface area contributed by atoms with Gasteiger partial charge < -0.3 is 20.1 Å². The third-order valence-electron chi connectivity index (χ3n) is 4.05. The van der Waals surface area contributed by atoms with Crippen molar-refractivity contribution in [3.63, 3.8) is 0 Å². The van der Waals surface area contributed by atoms with Gasteiger partial charge in [0.05, 0.1) is 19.1 Å². The largest absolute Gasteiger partial charge is 0.490 e. The third kappa shape index (κ3) is 3.47. The average Bonchev–Trinajstić information content (AvgIpc) is 2.72. The summed E-state index contributed by atoms with van der Waals surface area (Å²) in [4.78, 5) is 12.3. The first kappa shape index (κ1) is 14.2. The summed E-state index contributed by atoms with van der Waals surface area (Å²) >= 11 is 0. The second kappa shape index (κ2) is 6.35. The summed E-state index contributed by atoms with van der Waals surface area (Å²) in [6, 6.07) is 6.08. The maximum atomic E-state index is 12.3. The molecule has 0 aromatic heterocycles. The van der Waals surface area contributed by atoms with Gasteiger partial charge in [0.1, 0.15) is 0 Å². The van der Waals surface area contributed by atoms with Gasteiger partial charge in [-0.05, 0) is 31.9 Å². The second-order valence-electron chi connectivity index (χ2n) is 5.78. The molecular weight excluding hydrogens is 268 g/mol. The molecule has 0 bridgehead atoms. The van der Waals surface area contributed by atoms with Crippen LogP contribution in [0.1, 0.15) is 26.2 Å². The van der Waals surface area contributed by atoms with Crippen molar-refractivity contribution in [1.82, 2.24) is 5.32 Å². The van der Waals surface area contributed by atoms with Gasteiger partial charge in [0.2, 0.25) is 5.91 Å². The fraction of sp³-hybridized carbons (Fsp3) is 0.562. The van der Waals surface area contributed by atoms with E-state index >= 15 is 0 Å². The van der Waals surface area contributed by atoms with E-state index in [1.807, 2.05) is 18.2 Å². The molecule has 0 saturated carbocycles. The van der Waals surface area contributed by atoms with E-state index in [1.54, 1.807) is 0 Å². The highest BCUT2D eigenvalue weighted by Gasteiger charge is 2.24. The topological polar surface area (TPSA) is 59.6 Å². The van der Waals surface area contributed by atoms with Crippen LogP contribution < -0.4 is 20.1 Å². The van der Waals surface area contributed by atoms with Crippen LogP contribution in [-0.4, -0.2) is 31.7 Å². The maximum Gasteiger partial charge on any atom is 0.228 e. The first-order valence-corrected chi connectivity index (χ1v) is 7.66. The number of carbonyl (C=O) groups excluding carboxylic acids is 1. The summed E-state index contributed by atoms with van der Waals surface area (Å²) < 4.78 is 11.2. The number of piperidine rings is 1. The predicted molar refractivity (Wildman–Crippen MR) is 80.9 cm³/mol. The number of carbonyl (C=O) groups is 1. The Balaban J connectivity index is 1.64. The maximum absolute atomic E-state index is 12.3. The molecular formula is C16H22N2O3. The van der Waals surface area contributed by atoms with E-state index in [4.69, 9.17) is 9.47 Å². The van der Waals surface area contributed by atoms with Crippen molar-refractivity contribution in [3.8, 4) is 11.5 Å². The van der Waals surface area contributed by atoms with Gasteiger partial charge in [-0.2, -0.15) is 0 Å². The third-order valence-corrected chi connectivity index (χ3v) is 4.05. The monoisotopic (exact) mass is 290 g/mol. The zero-order valence-electron chi connectivity index (χ0n) is 12.4. The Kier molecular flexibility index (Phi) is 4.29. The quantitative estimate of drug-likeness (QED) is 0.876. The molecule has 3 rings (SSSR count). The van der Waals surface area contributed by atoms with Gasteiger partial charge in [0.15, 0.2) is 11.5 Å². The molecule has 2 atom stereocenters. The molecule has 1 aromatic rings. The number of nitrogens with one attached hydrogen (secondary N) is 2. The lowest BCUT2D eigenvalue weighted by atomic mass is 9.95. The SMILES string of the molecule is CC1CCC(C(=O)Nc2ccc3c(c2)OCCCO3)CN1. The molecule has 2 heterocycles. The Morgan fingerprint density at radius 3 is 2.81 bits per heavy atom. The van der Waals surface area contributed by atoms with Crippen molar-refractivity contribution in [2.75, 3.05) is 25.1 Å². The summed E-state index contributed by atoms with van der Waals surface area (Å²) in [5, 5.41) is 6.33. The zero-order valence-corrected chi connectivity index (χ0v) is 12.4. The van der Waals surface area contributed by atoms with Crippen molar-refractivity contribution in [2.24, 2.45) is 5.92 Å². The number of rotatable bonds is 2. The van der Waals surface area contributed by atoms with Crippen LogP contribution in [0.4, 0.5) is 5.69 Å². The Hall–Kier alpha value is -1.75. The molecule has 0 spiro atoms. The van der Waals surface area contributed by atoms with Crippen molar-refractivity contribution in [2.45, 2.75) is 32.2 Å². The summed E-state index contributed by atoms with van der Waals surface area (Å²) in [7, 11) is 0. The van der Waals surface area contributed by atoms with Crippen LogP contribution in [0.3, 0.4) is 0 Å². The molecule has 1 aromatic carbocycles. The Morgan fingerprint density at radius 1 is 1.24 bits per heavy atom. The van der Waals surface area contributed by atoms with Gasteiger partial charge in [-0.3, -0.25) is 4.79 Å². The minimum atomic E-state index is 0.0391. The Bertz CT molecular complexity index is 510. The van der Waals surface area contributed by atoms with Crippen LogP contribution >= 0.6 is 0 Å². The molecule has 114 valence electrons. The van der Waals surface area contributed by atoms with Crippen LogP contribution in [0.2, 0.25) is 0 Å². The molecule has 1 fully saturated rings. The smallest absolute Gasteiger partial charge is 0.228 e. The van der Waals surface area contributed by atoms with Crippen molar-refractivity contribution in [3.05, 3.63) is 18.2 Å². The van der Waals surface area contributed by atoms with Crippen molar-refractivity contribution < 1.29 is 14.3 Å². The molecule has 2 aliphatic rings. The van der Waals surface area contributed by atoms with E-state index in [-0.39, 0.29) is 11.8 Å². The summed E-state index contributed by atoms with van der Waals surface area (Å²) in [5.74, 6) is 1.57. The normalized spacial score (nSPS) is 25.0. The molecule has 2 unspecified atom stereocenters. The first-order valence-electron chi connectivity index (χ1n) is 7.66. The summed E-state index contributed by atoms with van der Waals surface area (Å²) in [5.41, 5.74) is 0.767. The highest BCUT2D eigenvalue weighted by atomic mass is 16.5. The molecule has 5 heteroatoms. The Labute approximate surface area is 125 Å². The van der Waals surface area contributed by atoms with E-state index in [2.05, 4.69) is 17.6 Å². The van der Waals surface area contributed by atoms with Gasteiger partial charge >= 0.3 is 0 Å². The predicted octanol–water partition coefficient (Wildman–Crippen LogP) is 2.17. The number of hydrogen-bond acceptors (Lipinski definition) is 4. The minimum Gasteiger partial charge on any atom is -0.490 e. The van der Waals surface area contributed by atoms with Crippen molar-refractivity contribution >= 4 is 11.6 Å². The van der Waals surface area contributed by atoms with Gasteiger partial charge in [0.25, 0.3) is 0 Å². The van der Waals surface area contributed by atoms with Gasteiger partial charge in [-0.15, -0.1) is 0 Å². The van der Waals surface area contributed by atoms with Crippen molar-refractivity contribution in [1.29, 1.82) is 0 Å². The van der Waals surface area contributed by atoms with Gasteiger partial charge in [-0.25, -0.2) is 0 Å². The number of anilines is 1. The lowest BCUT2D eigenvalue weighted by Gasteiger charge is -2.26. The van der Waals surface area contributed by atoms with E-state index in [1.165, 1.54) is 0 Å². The average molecular weight is 290 g/mol. The number of benzene rings is 1. The second-order valence-corrected chi connectivity index (χ2v) is 5.78. The van der Waals surface area contributed by atoms with Crippen LogP contribution in [-0.2, 0) is 4.79 Å². The van der Waals surface area contributed by atoms with E-state index < -0.39 is 0 Å². The van der Waals surface area contributed by atoms with Gasteiger partial charge in [0, 0.05) is 30.8 Å². The molecule has 21 heavy (non-hydrogen) atoms. The summed E-state index contributed by atoms with van der Waals surface area (Å²) in [6.45, 7) is 4.22. The lowest BCUT2D eigenvalue weighted by Crippen LogP contribution is -2.41. The van der Waals surface area contributed by atoms with E-state index in [9.17, 15) is 4.79 Å². The molecule has 2 N–H and O–H groups in total. The number of hydrogen-bond donors (Lipinski definition) is 2. The van der Waals surface area contributed by atoms with E-state index in [0.717, 1.165) is 37.2 Å². The highest BCUT2D eigenvalue weighted by Crippen LogP contribution is 2.32. The lowest BCUT2D eigenvalue weighted by molar-refractivity contribution is -0.120. The molecule has 0 radical (unpaired) electrons. The first-order chi connectivity index (χ1) is 10.2.